The Labute approximate surface area is 208 Å². The van der Waals surface area contributed by atoms with Gasteiger partial charge >= 0.3 is 5.97 Å². The first kappa shape index (κ1) is 23.0. The molecule has 1 amide bonds. The van der Waals surface area contributed by atoms with Crippen LogP contribution in [0.4, 0.5) is 5.69 Å². The summed E-state index contributed by atoms with van der Waals surface area (Å²) in [5, 5.41) is -0.0533. The van der Waals surface area contributed by atoms with Crippen LogP contribution in [-0.2, 0) is 9.53 Å². The maximum Gasteiger partial charge on any atom is 0.338 e. The van der Waals surface area contributed by atoms with Gasteiger partial charge in [-0.1, -0.05) is 24.3 Å². The average molecular weight is 491 g/mol. The van der Waals surface area contributed by atoms with Crippen LogP contribution < -0.4 is 4.90 Å². The lowest BCUT2D eigenvalue weighted by Crippen LogP contribution is -2.28. The molecule has 0 spiro atoms. The summed E-state index contributed by atoms with van der Waals surface area (Å²) in [4.78, 5) is 32.3. The lowest BCUT2D eigenvalue weighted by molar-refractivity contribution is -0.115. The lowest BCUT2D eigenvalue weighted by atomic mass is 10.1. The van der Waals surface area contributed by atoms with Crippen LogP contribution in [0.25, 0.3) is 0 Å². The van der Waals surface area contributed by atoms with E-state index in [2.05, 4.69) is 29.2 Å². The first-order valence-electron chi connectivity index (χ1n) is 11.4. The first-order valence-corrected chi connectivity index (χ1v) is 13.5. The Bertz CT molecular complexity index is 1180. The molecule has 1 aromatic heterocycles. The number of hydrogen-bond acceptors (Lipinski definition) is 6. The molecule has 2 aromatic carbocycles. The monoisotopic (exact) mass is 490 g/mol. The summed E-state index contributed by atoms with van der Waals surface area (Å²) in [6, 6.07) is 18.0. The van der Waals surface area contributed by atoms with Gasteiger partial charge in [0.2, 0.25) is 5.91 Å². The van der Waals surface area contributed by atoms with Crippen LogP contribution in [0.5, 0.6) is 0 Å². The zero-order chi connectivity index (χ0) is 23.5. The van der Waals surface area contributed by atoms with E-state index in [9.17, 15) is 9.59 Å². The van der Waals surface area contributed by atoms with Crippen molar-refractivity contribution < 1.29 is 14.3 Å². The summed E-state index contributed by atoms with van der Waals surface area (Å²) < 4.78 is 5.46. The second-order valence-corrected chi connectivity index (χ2v) is 10.8. The topological polar surface area (TPSA) is 59.5 Å². The van der Waals surface area contributed by atoms with Crippen LogP contribution >= 0.6 is 23.5 Å². The highest BCUT2D eigenvalue weighted by Crippen LogP contribution is 2.44. The van der Waals surface area contributed by atoms with Crippen molar-refractivity contribution in [2.45, 2.75) is 36.0 Å². The van der Waals surface area contributed by atoms with E-state index in [1.54, 1.807) is 42.0 Å². The van der Waals surface area contributed by atoms with Gasteiger partial charge in [0, 0.05) is 28.7 Å². The van der Waals surface area contributed by atoms with Gasteiger partial charge in [0.25, 0.3) is 0 Å². The van der Waals surface area contributed by atoms with Gasteiger partial charge in [-0.25, -0.2) is 4.79 Å². The molecule has 34 heavy (non-hydrogen) atoms. The molecule has 1 aliphatic heterocycles. The van der Waals surface area contributed by atoms with Crippen LogP contribution in [0.15, 0.2) is 71.9 Å². The number of carbonyl (C=O) groups excluding carboxylic acids is 2. The molecule has 1 aliphatic carbocycles. The minimum atomic E-state index is -0.348. The highest BCUT2D eigenvalue weighted by Gasteiger charge is 2.35. The number of ether oxygens (including phenoxy) is 1. The number of anilines is 1. The van der Waals surface area contributed by atoms with E-state index in [0.717, 1.165) is 21.7 Å². The Morgan fingerprint density at radius 1 is 1.09 bits per heavy atom. The number of amides is 1. The van der Waals surface area contributed by atoms with Gasteiger partial charge in [0.15, 0.2) is 0 Å². The largest absolute Gasteiger partial charge is 0.461 e. The Morgan fingerprint density at radius 2 is 1.82 bits per heavy atom. The van der Waals surface area contributed by atoms with Gasteiger partial charge in [-0.3, -0.25) is 14.7 Å². The summed E-state index contributed by atoms with van der Waals surface area (Å²) in [5.41, 5.74) is 4.75. The second kappa shape index (κ2) is 10.2. The molecule has 3 aromatic rings. The van der Waals surface area contributed by atoms with E-state index in [-0.39, 0.29) is 17.3 Å². The maximum absolute atomic E-state index is 12.8. The number of aromatic nitrogens is 1. The van der Waals surface area contributed by atoms with Crippen molar-refractivity contribution in [3.63, 3.8) is 0 Å². The molecular formula is C27H26N2O3S2. The lowest BCUT2D eigenvalue weighted by Gasteiger charge is -2.26. The number of pyridine rings is 1. The zero-order valence-corrected chi connectivity index (χ0v) is 20.6. The number of esters is 1. The number of benzene rings is 2. The summed E-state index contributed by atoms with van der Waals surface area (Å²) in [7, 11) is 0. The molecule has 5 nitrogen and oxygen atoms in total. The number of rotatable bonds is 8. The molecule has 174 valence electrons. The van der Waals surface area contributed by atoms with Crippen molar-refractivity contribution in [3.8, 4) is 0 Å². The van der Waals surface area contributed by atoms with Crippen molar-refractivity contribution in [3.05, 3.63) is 89.2 Å². The Morgan fingerprint density at radius 3 is 2.53 bits per heavy atom. The Balaban J connectivity index is 1.24. The van der Waals surface area contributed by atoms with Gasteiger partial charge in [-0.2, -0.15) is 0 Å². The summed E-state index contributed by atoms with van der Waals surface area (Å²) in [5.74, 6) is 1.58. The van der Waals surface area contributed by atoms with E-state index in [0.29, 0.717) is 29.6 Å². The first-order chi connectivity index (χ1) is 16.6. The minimum absolute atomic E-state index is 0.0533. The zero-order valence-electron chi connectivity index (χ0n) is 19.0. The van der Waals surface area contributed by atoms with E-state index in [1.165, 1.54) is 18.4 Å². The van der Waals surface area contributed by atoms with Crippen molar-refractivity contribution in [2.24, 2.45) is 0 Å². The summed E-state index contributed by atoms with van der Waals surface area (Å²) in [6.07, 6.45) is 6.05. The number of thioether (sulfide) groups is 2. The fraction of sp³-hybridized carbons (Fsp3) is 0.296. The van der Waals surface area contributed by atoms with E-state index >= 15 is 0 Å². The second-order valence-electron chi connectivity index (χ2n) is 8.54. The fourth-order valence-corrected chi connectivity index (χ4v) is 6.03. The number of hydrogen-bond donors (Lipinski definition) is 0. The third-order valence-corrected chi connectivity index (χ3v) is 8.25. The Kier molecular flexibility index (Phi) is 6.92. The SMILES string of the molecule is Cc1cc(C(=O)OCCSc2ccncc2)ccc1N1C(=O)CSC1c1ccc(C2CC2)cc1. The molecule has 1 atom stereocenters. The van der Waals surface area contributed by atoms with Crippen molar-refractivity contribution in [1.29, 1.82) is 0 Å². The van der Waals surface area contributed by atoms with Crippen LogP contribution in [0, 0.1) is 6.92 Å². The minimum Gasteiger partial charge on any atom is -0.461 e. The van der Waals surface area contributed by atoms with Crippen LogP contribution in [0.2, 0.25) is 0 Å². The summed E-state index contributed by atoms with van der Waals surface area (Å²) >= 11 is 3.27. The average Bonchev–Trinajstić information content (AvgIpc) is 3.65. The summed E-state index contributed by atoms with van der Waals surface area (Å²) in [6.45, 7) is 2.27. The highest BCUT2D eigenvalue weighted by atomic mass is 32.2. The molecule has 0 radical (unpaired) electrons. The molecular weight excluding hydrogens is 464 g/mol. The number of aryl methyl sites for hydroxylation is 1. The fourth-order valence-electron chi connectivity index (χ4n) is 4.14. The number of nitrogens with zero attached hydrogens (tertiary/aromatic N) is 2. The normalized spacial score (nSPS) is 17.7. The molecule has 7 heteroatoms. The van der Waals surface area contributed by atoms with Crippen LogP contribution in [0.3, 0.4) is 0 Å². The molecule has 2 heterocycles. The van der Waals surface area contributed by atoms with Gasteiger partial charge in [-0.15, -0.1) is 23.5 Å². The third kappa shape index (κ3) is 5.15. The van der Waals surface area contributed by atoms with Gasteiger partial charge in [-0.05, 0) is 72.7 Å². The van der Waals surface area contributed by atoms with E-state index in [4.69, 9.17) is 4.74 Å². The molecule has 0 N–H and O–H groups in total. The number of carbonyl (C=O) groups is 2. The molecule has 1 unspecified atom stereocenters. The molecule has 5 rings (SSSR count). The maximum atomic E-state index is 12.8. The van der Waals surface area contributed by atoms with Gasteiger partial charge in [0.05, 0.1) is 11.3 Å². The van der Waals surface area contributed by atoms with Gasteiger partial charge < -0.3 is 4.74 Å². The van der Waals surface area contributed by atoms with Gasteiger partial charge in [0.1, 0.15) is 12.0 Å². The molecule has 2 fully saturated rings. The molecule has 0 bridgehead atoms. The van der Waals surface area contributed by atoms with Crippen LogP contribution in [-0.4, -0.2) is 35.0 Å². The standard InChI is InChI=1S/C27H26N2O3S2/c1-18-16-22(27(31)32-14-15-33-23-10-12-28-13-11-23)8-9-24(18)29-25(30)17-34-26(29)21-6-4-20(5-7-21)19-2-3-19/h4-13,16,19,26H,2-3,14-15,17H2,1H3. The highest BCUT2D eigenvalue weighted by molar-refractivity contribution is 8.00. The predicted molar refractivity (Wildman–Crippen MR) is 138 cm³/mol. The van der Waals surface area contributed by atoms with Crippen LogP contribution in [0.1, 0.15) is 51.2 Å². The molecule has 1 saturated carbocycles. The predicted octanol–water partition coefficient (Wildman–Crippen LogP) is 6.00. The molecule has 2 aliphatic rings. The smallest absolute Gasteiger partial charge is 0.338 e. The quantitative estimate of drug-likeness (QED) is 0.219. The van der Waals surface area contributed by atoms with E-state index in [1.807, 2.05) is 36.1 Å². The molecule has 1 saturated heterocycles. The van der Waals surface area contributed by atoms with Crippen molar-refractivity contribution >= 4 is 41.1 Å². The Hall–Kier alpha value is -2.77. The third-order valence-electron chi connectivity index (χ3n) is 6.07. The van der Waals surface area contributed by atoms with Crippen molar-refractivity contribution in [1.82, 2.24) is 4.98 Å². The van der Waals surface area contributed by atoms with E-state index < -0.39 is 0 Å². The van der Waals surface area contributed by atoms with Crippen molar-refractivity contribution in [2.75, 3.05) is 23.0 Å².